The zero-order chi connectivity index (χ0) is 22.1. The molecule has 6 nitrogen and oxygen atoms in total. The summed E-state index contributed by atoms with van der Waals surface area (Å²) in [5.74, 6) is 0.369. The Kier molecular flexibility index (Phi) is 5.25. The molecule has 0 bridgehead atoms. The summed E-state index contributed by atoms with van der Waals surface area (Å²) in [7, 11) is 0. The number of para-hydroxylation sites is 1. The SMILES string of the molecule is CC1Cc2ccccc2N1C(=S)Oc1ccc(C(=O)Nc2ccc3nccnc3c2)cc1. The van der Waals surface area contributed by atoms with Crippen molar-refractivity contribution in [2.24, 2.45) is 0 Å². The molecule has 1 aromatic heterocycles. The van der Waals surface area contributed by atoms with E-state index in [1.807, 2.05) is 23.1 Å². The van der Waals surface area contributed by atoms with Crippen molar-refractivity contribution in [3.05, 3.63) is 90.3 Å². The Bertz CT molecular complexity index is 1320. The Morgan fingerprint density at radius 2 is 1.78 bits per heavy atom. The molecule has 1 unspecified atom stereocenters. The van der Waals surface area contributed by atoms with E-state index in [9.17, 15) is 4.79 Å². The number of fused-ring (bicyclic) bond motifs is 2. The van der Waals surface area contributed by atoms with E-state index in [2.05, 4.69) is 34.3 Å². The molecular weight excluding hydrogens is 420 g/mol. The Morgan fingerprint density at radius 3 is 2.59 bits per heavy atom. The number of anilines is 2. The van der Waals surface area contributed by atoms with Crippen molar-refractivity contribution in [2.75, 3.05) is 10.2 Å². The Balaban J connectivity index is 1.26. The fourth-order valence-corrected chi connectivity index (χ4v) is 4.29. The molecular formula is C25H20N4O2S. The van der Waals surface area contributed by atoms with Crippen molar-refractivity contribution in [2.45, 2.75) is 19.4 Å². The average molecular weight is 441 g/mol. The lowest BCUT2D eigenvalue weighted by Gasteiger charge is -2.24. The summed E-state index contributed by atoms with van der Waals surface area (Å²) in [6.07, 6.45) is 4.19. The van der Waals surface area contributed by atoms with Gasteiger partial charge in [-0.2, -0.15) is 0 Å². The summed E-state index contributed by atoms with van der Waals surface area (Å²) in [5, 5.41) is 3.29. The Morgan fingerprint density at radius 1 is 1.03 bits per heavy atom. The zero-order valence-electron chi connectivity index (χ0n) is 17.4. The second-order valence-corrected chi connectivity index (χ2v) is 8.01. The van der Waals surface area contributed by atoms with Gasteiger partial charge in [-0.3, -0.25) is 19.7 Å². The fraction of sp³-hybridized carbons (Fsp3) is 0.120. The molecule has 4 aromatic rings. The van der Waals surface area contributed by atoms with Gasteiger partial charge in [-0.1, -0.05) is 18.2 Å². The van der Waals surface area contributed by atoms with Gasteiger partial charge in [-0.25, -0.2) is 0 Å². The Labute approximate surface area is 190 Å². The highest BCUT2D eigenvalue weighted by Crippen LogP contribution is 2.32. The van der Waals surface area contributed by atoms with Crippen molar-refractivity contribution in [3.8, 4) is 5.75 Å². The first kappa shape index (κ1) is 20.1. The maximum Gasteiger partial charge on any atom is 0.269 e. The molecule has 32 heavy (non-hydrogen) atoms. The van der Waals surface area contributed by atoms with Crippen LogP contribution in [0.5, 0.6) is 5.75 Å². The predicted octanol–water partition coefficient (Wildman–Crippen LogP) is 5.00. The number of nitrogens with zero attached hydrogens (tertiary/aromatic N) is 3. The summed E-state index contributed by atoms with van der Waals surface area (Å²) in [6, 6.07) is 20.8. The Hall–Kier alpha value is -3.84. The van der Waals surface area contributed by atoms with Gasteiger partial charge in [0.15, 0.2) is 0 Å². The van der Waals surface area contributed by atoms with E-state index in [1.165, 1.54) is 5.56 Å². The number of amides is 1. The molecule has 0 radical (unpaired) electrons. The number of ether oxygens (including phenoxy) is 1. The van der Waals surface area contributed by atoms with E-state index >= 15 is 0 Å². The van der Waals surface area contributed by atoms with E-state index in [0.717, 1.165) is 23.1 Å². The first-order valence-electron chi connectivity index (χ1n) is 10.3. The number of nitrogens with one attached hydrogen (secondary N) is 1. The van der Waals surface area contributed by atoms with Crippen LogP contribution in [-0.4, -0.2) is 27.1 Å². The van der Waals surface area contributed by atoms with Crippen LogP contribution in [0.2, 0.25) is 0 Å². The number of benzene rings is 3. The number of carbonyl (C=O) groups is 1. The minimum absolute atomic E-state index is 0.218. The lowest BCUT2D eigenvalue weighted by Crippen LogP contribution is -2.37. The van der Waals surface area contributed by atoms with Crippen molar-refractivity contribution in [3.63, 3.8) is 0 Å². The molecule has 5 rings (SSSR count). The lowest BCUT2D eigenvalue weighted by molar-refractivity contribution is 0.102. The summed E-state index contributed by atoms with van der Waals surface area (Å²) >= 11 is 5.57. The number of carbonyl (C=O) groups excluding carboxylic acids is 1. The van der Waals surface area contributed by atoms with E-state index in [1.54, 1.807) is 48.8 Å². The van der Waals surface area contributed by atoms with E-state index in [0.29, 0.717) is 22.2 Å². The number of rotatable bonds is 3. The molecule has 0 saturated heterocycles. The molecule has 7 heteroatoms. The number of hydrogen-bond donors (Lipinski definition) is 1. The minimum atomic E-state index is -0.218. The molecule has 1 amide bonds. The van der Waals surface area contributed by atoms with Crippen LogP contribution in [0.15, 0.2) is 79.1 Å². The molecule has 0 fully saturated rings. The average Bonchev–Trinajstić information content (AvgIpc) is 3.15. The van der Waals surface area contributed by atoms with E-state index in [-0.39, 0.29) is 11.9 Å². The van der Waals surface area contributed by atoms with E-state index in [4.69, 9.17) is 17.0 Å². The predicted molar refractivity (Wildman–Crippen MR) is 129 cm³/mol. The third kappa shape index (κ3) is 3.90. The van der Waals surface area contributed by atoms with Crippen LogP contribution in [-0.2, 0) is 6.42 Å². The minimum Gasteiger partial charge on any atom is -0.432 e. The number of thiocarbonyl (C=S) groups is 1. The largest absolute Gasteiger partial charge is 0.432 e. The van der Waals surface area contributed by atoms with Crippen LogP contribution >= 0.6 is 12.2 Å². The highest BCUT2D eigenvalue weighted by Gasteiger charge is 2.29. The normalized spacial score (nSPS) is 14.8. The zero-order valence-corrected chi connectivity index (χ0v) is 18.2. The summed E-state index contributed by atoms with van der Waals surface area (Å²) < 4.78 is 5.94. The van der Waals surface area contributed by atoms with Gasteiger partial charge >= 0.3 is 0 Å². The third-order valence-corrected chi connectivity index (χ3v) is 5.73. The summed E-state index contributed by atoms with van der Waals surface area (Å²) in [4.78, 5) is 23.2. The maximum atomic E-state index is 12.7. The first-order chi connectivity index (χ1) is 15.6. The molecule has 1 N–H and O–H groups in total. The van der Waals surface area contributed by atoms with Crippen molar-refractivity contribution in [1.29, 1.82) is 0 Å². The van der Waals surface area contributed by atoms with Crippen molar-refractivity contribution in [1.82, 2.24) is 9.97 Å². The van der Waals surface area contributed by atoms with Crippen LogP contribution in [0.4, 0.5) is 11.4 Å². The number of aromatic nitrogens is 2. The first-order valence-corrected chi connectivity index (χ1v) is 10.7. The van der Waals surface area contributed by atoms with Crippen LogP contribution in [0.3, 0.4) is 0 Å². The highest BCUT2D eigenvalue weighted by molar-refractivity contribution is 7.80. The molecule has 2 heterocycles. The van der Waals surface area contributed by atoms with Gasteiger partial charge in [-0.05, 0) is 79.7 Å². The lowest BCUT2D eigenvalue weighted by atomic mass is 10.1. The van der Waals surface area contributed by atoms with Crippen LogP contribution < -0.4 is 15.0 Å². The second kappa shape index (κ2) is 8.36. The molecule has 0 spiro atoms. The van der Waals surface area contributed by atoms with Gasteiger partial charge in [0.1, 0.15) is 5.75 Å². The van der Waals surface area contributed by atoms with Crippen LogP contribution in [0.1, 0.15) is 22.8 Å². The van der Waals surface area contributed by atoms with Crippen molar-refractivity contribution < 1.29 is 9.53 Å². The molecule has 0 aliphatic carbocycles. The highest BCUT2D eigenvalue weighted by atomic mass is 32.1. The molecule has 3 aromatic carbocycles. The summed E-state index contributed by atoms with van der Waals surface area (Å²) in [6.45, 7) is 2.13. The van der Waals surface area contributed by atoms with Crippen LogP contribution in [0, 0.1) is 0 Å². The monoisotopic (exact) mass is 440 g/mol. The van der Waals surface area contributed by atoms with Crippen LogP contribution in [0.25, 0.3) is 11.0 Å². The smallest absolute Gasteiger partial charge is 0.269 e. The topological polar surface area (TPSA) is 67.3 Å². The van der Waals surface area contributed by atoms with Gasteiger partial charge in [-0.15, -0.1) is 0 Å². The molecule has 158 valence electrons. The molecule has 1 atom stereocenters. The van der Waals surface area contributed by atoms with E-state index < -0.39 is 0 Å². The van der Waals surface area contributed by atoms with Gasteiger partial charge in [0, 0.05) is 35.4 Å². The maximum absolute atomic E-state index is 12.7. The standard InChI is InChI=1S/C25H20N4O2S/c1-16-14-18-4-2-3-5-23(18)29(16)25(32)31-20-9-6-17(7-10-20)24(30)28-19-8-11-21-22(15-19)27-13-12-26-21/h2-13,15-16H,14H2,1H3,(H,28,30). The molecule has 0 saturated carbocycles. The second-order valence-electron chi connectivity index (χ2n) is 7.66. The molecule has 1 aliphatic heterocycles. The number of hydrogen-bond acceptors (Lipinski definition) is 5. The fourth-order valence-electron chi connectivity index (χ4n) is 3.91. The third-order valence-electron chi connectivity index (χ3n) is 5.45. The summed E-state index contributed by atoms with van der Waals surface area (Å²) in [5.41, 5.74) is 5.02. The quantitative estimate of drug-likeness (QED) is 0.453. The van der Waals surface area contributed by atoms with Gasteiger partial charge in [0.05, 0.1) is 11.0 Å². The van der Waals surface area contributed by atoms with Crippen molar-refractivity contribution >= 4 is 45.7 Å². The van der Waals surface area contributed by atoms with Gasteiger partial charge in [0.25, 0.3) is 11.1 Å². The van der Waals surface area contributed by atoms with Gasteiger partial charge < -0.3 is 10.1 Å². The molecule has 1 aliphatic rings. The van der Waals surface area contributed by atoms with Gasteiger partial charge in [0.2, 0.25) is 0 Å².